The largest absolute Gasteiger partial charge is 0.416 e. The van der Waals surface area contributed by atoms with Gasteiger partial charge in [0.1, 0.15) is 0 Å². The summed E-state index contributed by atoms with van der Waals surface area (Å²) in [6.07, 6.45) is -2.37. The van der Waals surface area contributed by atoms with Gasteiger partial charge in [0.15, 0.2) is 0 Å². The number of nitrogens with zero attached hydrogens (tertiary/aromatic N) is 1. The zero-order valence-electron chi connectivity index (χ0n) is 11.4. The lowest BCUT2D eigenvalue weighted by Gasteiger charge is -2.24. The number of alkyl halides is 3. The van der Waals surface area contributed by atoms with Gasteiger partial charge in [-0.25, -0.2) is 0 Å². The van der Waals surface area contributed by atoms with Gasteiger partial charge in [-0.05, 0) is 31.0 Å². The van der Waals surface area contributed by atoms with E-state index in [9.17, 15) is 13.2 Å². The lowest BCUT2D eigenvalue weighted by molar-refractivity contribution is -0.138. The molecule has 1 aromatic rings. The molecule has 2 nitrogen and oxygen atoms in total. The minimum Gasteiger partial charge on any atom is -0.372 e. The summed E-state index contributed by atoms with van der Waals surface area (Å²) in [6.45, 7) is 5.37. The van der Waals surface area contributed by atoms with Gasteiger partial charge in [-0.3, -0.25) is 0 Å². The number of nitrogens with two attached hydrogens (primary N) is 1. The van der Waals surface area contributed by atoms with E-state index in [0.29, 0.717) is 12.2 Å². The molecule has 0 amide bonds. The Morgan fingerprint density at radius 2 is 1.89 bits per heavy atom. The van der Waals surface area contributed by atoms with Crippen molar-refractivity contribution in [1.82, 2.24) is 0 Å². The molecule has 0 radical (unpaired) electrons. The number of anilines is 1. The van der Waals surface area contributed by atoms with Crippen LogP contribution >= 0.6 is 0 Å². The number of unbranched alkanes of at least 4 members (excludes halogenated alkanes) is 1. The smallest absolute Gasteiger partial charge is 0.372 e. The minimum absolute atomic E-state index is 0.101. The normalized spacial score (nSPS) is 11.7. The van der Waals surface area contributed by atoms with Gasteiger partial charge in [-0.1, -0.05) is 19.4 Å². The molecule has 0 aromatic heterocycles. The number of rotatable bonds is 6. The van der Waals surface area contributed by atoms with Crippen LogP contribution in [0.25, 0.3) is 0 Å². The molecule has 0 saturated heterocycles. The van der Waals surface area contributed by atoms with Gasteiger partial charge in [0.05, 0.1) is 5.56 Å². The maximum Gasteiger partial charge on any atom is 0.416 e. The van der Waals surface area contributed by atoms with Gasteiger partial charge >= 0.3 is 6.18 Å². The van der Waals surface area contributed by atoms with Crippen molar-refractivity contribution in [3.63, 3.8) is 0 Å². The first-order valence-electron chi connectivity index (χ1n) is 6.59. The van der Waals surface area contributed by atoms with E-state index >= 15 is 0 Å². The van der Waals surface area contributed by atoms with Crippen LogP contribution in [0.15, 0.2) is 18.2 Å². The highest BCUT2D eigenvalue weighted by atomic mass is 19.4. The molecule has 1 rings (SSSR count). The number of halogens is 3. The number of benzene rings is 1. The molecule has 108 valence electrons. The molecule has 5 heteroatoms. The van der Waals surface area contributed by atoms with Crippen molar-refractivity contribution < 1.29 is 13.2 Å². The highest BCUT2D eigenvalue weighted by Crippen LogP contribution is 2.34. The summed E-state index contributed by atoms with van der Waals surface area (Å²) in [7, 11) is 0. The molecule has 0 bridgehead atoms. The second-order valence-corrected chi connectivity index (χ2v) is 4.48. The third kappa shape index (κ3) is 4.13. The monoisotopic (exact) mass is 274 g/mol. The summed E-state index contributed by atoms with van der Waals surface area (Å²) in [4.78, 5) is 1.96. The molecule has 0 unspecified atom stereocenters. The molecular weight excluding hydrogens is 253 g/mol. The summed E-state index contributed by atoms with van der Waals surface area (Å²) < 4.78 is 38.9. The Balaban J connectivity index is 3.09. The Kier molecular flexibility index (Phi) is 5.66. The van der Waals surface area contributed by atoms with Crippen molar-refractivity contribution in [1.29, 1.82) is 0 Å². The van der Waals surface area contributed by atoms with Crippen LogP contribution in [0.5, 0.6) is 0 Å². The van der Waals surface area contributed by atoms with Gasteiger partial charge in [0.2, 0.25) is 0 Å². The highest BCUT2D eigenvalue weighted by Gasteiger charge is 2.33. The highest BCUT2D eigenvalue weighted by molar-refractivity contribution is 5.52. The van der Waals surface area contributed by atoms with Crippen LogP contribution in [0.3, 0.4) is 0 Å². The van der Waals surface area contributed by atoms with E-state index in [1.165, 1.54) is 12.1 Å². The molecule has 0 heterocycles. The van der Waals surface area contributed by atoms with Gasteiger partial charge in [-0.2, -0.15) is 13.2 Å². The van der Waals surface area contributed by atoms with Crippen LogP contribution in [0.2, 0.25) is 0 Å². The van der Waals surface area contributed by atoms with Gasteiger partial charge < -0.3 is 10.6 Å². The van der Waals surface area contributed by atoms with Crippen molar-refractivity contribution in [2.75, 3.05) is 18.0 Å². The lowest BCUT2D eigenvalue weighted by atomic mass is 10.1. The fraction of sp³-hybridized carbons (Fsp3) is 0.571. The molecule has 0 spiro atoms. The van der Waals surface area contributed by atoms with E-state index in [1.54, 1.807) is 6.07 Å². The fourth-order valence-corrected chi connectivity index (χ4v) is 2.02. The molecule has 0 aliphatic rings. The molecule has 0 aliphatic heterocycles. The van der Waals surface area contributed by atoms with Gasteiger partial charge in [0, 0.05) is 25.3 Å². The minimum atomic E-state index is -4.35. The maximum absolute atomic E-state index is 13.0. The summed E-state index contributed by atoms with van der Waals surface area (Å²) in [5, 5.41) is 0. The average Bonchev–Trinajstić information content (AvgIpc) is 2.38. The van der Waals surface area contributed by atoms with E-state index in [0.717, 1.165) is 19.4 Å². The fourth-order valence-electron chi connectivity index (χ4n) is 2.02. The van der Waals surface area contributed by atoms with E-state index in [4.69, 9.17) is 5.73 Å². The summed E-state index contributed by atoms with van der Waals surface area (Å²) in [6, 6.07) is 4.41. The van der Waals surface area contributed by atoms with Crippen molar-refractivity contribution in [2.45, 2.75) is 39.4 Å². The van der Waals surface area contributed by atoms with Crippen LogP contribution < -0.4 is 10.6 Å². The Hall–Kier alpha value is -1.23. The first-order valence-corrected chi connectivity index (χ1v) is 6.59. The van der Waals surface area contributed by atoms with E-state index in [2.05, 4.69) is 6.92 Å². The summed E-state index contributed by atoms with van der Waals surface area (Å²) in [5.41, 5.74) is 5.50. The standard InChI is InChI=1S/C14H21F3N2/c1-3-5-8-19(4-2)12-7-6-11(10-18)13(9-12)14(15,16)17/h6-7,9H,3-5,8,10,18H2,1-2H3. The zero-order chi connectivity index (χ0) is 14.5. The number of hydrogen-bond donors (Lipinski definition) is 1. The van der Waals surface area contributed by atoms with Crippen LogP contribution in [-0.4, -0.2) is 13.1 Å². The third-order valence-corrected chi connectivity index (χ3v) is 3.15. The summed E-state index contributed by atoms with van der Waals surface area (Å²) in [5.74, 6) is 0. The van der Waals surface area contributed by atoms with Crippen molar-refractivity contribution in [3.05, 3.63) is 29.3 Å². The molecular formula is C14H21F3N2. The topological polar surface area (TPSA) is 29.3 Å². The molecule has 2 N–H and O–H groups in total. The second kappa shape index (κ2) is 6.80. The van der Waals surface area contributed by atoms with E-state index < -0.39 is 11.7 Å². The average molecular weight is 274 g/mol. The van der Waals surface area contributed by atoms with Crippen LogP contribution in [0.4, 0.5) is 18.9 Å². The summed E-state index contributed by atoms with van der Waals surface area (Å²) >= 11 is 0. The molecule has 0 saturated carbocycles. The quantitative estimate of drug-likeness (QED) is 0.855. The van der Waals surface area contributed by atoms with Crippen LogP contribution in [0, 0.1) is 0 Å². The molecule has 0 aliphatic carbocycles. The first-order chi connectivity index (χ1) is 8.93. The Bertz CT molecular complexity index is 402. The number of hydrogen-bond acceptors (Lipinski definition) is 2. The molecule has 19 heavy (non-hydrogen) atoms. The maximum atomic E-state index is 13.0. The van der Waals surface area contributed by atoms with Crippen LogP contribution in [0.1, 0.15) is 37.8 Å². The Morgan fingerprint density at radius 3 is 2.37 bits per heavy atom. The van der Waals surface area contributed by atoms with E-state index in [-0.39, 0.29) is 12.1 Å². The zero-order valence-corrected chi connectivity index (χ0v) is 11.4. The Labute approximate surface area is 112 Å². The lowest BCUT2D eigenvalue weighted by Crippen LogP contribution is -2.24. The predicted octanol–water partition coefficient (Wildman–Crippen LogP) is 3.79. The Morgan fingerprint density at radius 1 is 1.21 bits per heavy atom. The third-order valence-electron chi connectivity index (χ3n) is 3.15. The first kappa shape index (κ1) is 15.8. The van der Waals surface area contributed by atoms with Crippen LogP contribution in [-0.2, 0) is 12.7 Å². The predicted molar refractivity (Wildman–Crippen MR) is 72.1 cm³/mol. The molecule has 0 fully saturated rings. The molecule has 0 atom stereocenters. The van der Waals surface area contributed by atoms with Gasteiger partial charge in [0.25, 0.3) is 0 Å². The van der Waals surface area contributed by atoms with Crippen molar-refractivity contribution in [3.8, 4) is 0 Å². The van der Waals surface area contributed by atoms with E-state index in [1.807, 2.05) is 11.8 Å². The second-order valence-electron chi connectivity index (χ2n) is 4.48. The van der Waals surface area contributed by atoms with Gasteiger partial charge in [-0.15, -0.1) is 0 Å². The SMILES string of the molecule is CCCCN(CC)c1ccc(CN)c(C(F)(F)F)c1. The van der Waals surface area contributed by atoms with Crippen molar-refractivity contribution in [2.24, 2.45) is 5.73 Å². The molecule has 1 aromatic carbocycles. The van der Waals surface area contributed by atoms with Crippen molar-refractivity contribution >= 4 is 5.69 Å².